The zero-order valence-electron chi connectivity index (χ0n) is 6.55. The van der Waals surface area contributed by atoms with E-state index in [2.05, 4.69) is 13.5 Å². The van der Waals surface area contributed by atoms with Gasteiger partial charge < -0.3 is 4.90 Å². The Morgan fingerprint density at radius 1 is 1.70 bits per heavy atom. The highest BCUT2D eigenvalue weighted by Gasteiger charge is 2.22. The number of amides is 1. The summed E-state index contributed by atoms with van der Waals surface area (Å²) in [6, 6.07) is 0. The molecular formula is C8H13NO. The summed E-state index contributed by atoms with van der Waals surface area (Å²) in [5.74, 6) is 0.672. The van der Waals surface area contributed by atoms with Crippen molar-refractivity contribution in [3.8, 4) is 0 Å². The van der Waals surface area contributed by atoms with Crippen LogP contribution < -0.4 is 0 Å². The number of carbonyl (C=O) groups is 1. The minimum Gasteiger partial charge on any atom is -0.320 e. The van der Waals surface area contributed by atoms with Crippen molar-refractivity contribution in [1.82, 2.24) is 4.90 Å². The smallest absolute Gasteiger partial charge is 0.226 e. The van der Waals surface area contributed by atoms with Crippen LogP contribution in [0.25, 0.3) is 0 Å². The lowest BCUT2D eigenvalue weighted by atomic mass is 9.97. The zero-order valence-corrected chi connectivity index (χ0v) is 6.55. The van der Waals surface area contributed by atoms with Gasteiger partial charge in [-0.2, -0.15) is 0 Å². The van der Waals surface area contributed by atoms with Gasteiger partial charge in [-0.05, 0) is 12.3 Å². The molecule has 0 N–H and O–H groups in total. The van der Waals surface area contributed by atoms with E-state index in [1.165, 1.54) is 0 Å². The van der Waals surface area contributed by atoms with E-state index in [1.54, 1.807) is 11.9 Å². The summed E-state index contributed by atoms with van der Waals surface area (Å²) in [5, 5.41) is 0. The summed E-state index contributed by atoms with van der Waals surface area (Å²) >= 11 is 0. The summed E-state index contributed by atoms with van der Waals surface area (Å²) in [5.41, 5.74) is 0.955. The molecule has 1 atom stereocenters. The molecule has 2 nitrogen and oxygen atoms in total. The number of hydrogen-bond donors (Lipinski definition) is 0. The van der Waals surface area contributed by atoms with Gasteiger partial charge in [0.25, 0.3) is 0 Å². The fourth-order valence-electron chi connectivity index (χ4n) is 1.17. The first-order chi connectivity index (χ1) is 4.63. The van der Waals surface area contributed by atoms with Crippen molar-refractivity contribution in [3.05, 3.63) is 12.3 Å². The predicted molar refractivity (Wildman–Crippen MR) is 40.3 cm³/mol. The SMILES string of the molecule is C=C1C(C)CCC(=O)N1C. The Bertz CT molecular complexity index is 174. The molecule has 1 fully saturated rings. The van der Waals surface area contributed by atoms with E-state index in [9.17, 15) is 4.79 Å². The molecule has 1 aliphatic rings. The highest BCUT2D eigenvalue weighted by molar-refractivity contribution is 5.78. The summed E-state index contributed by atoms with van der Waals surface area (Å²) in [6.07, 6.45) is 1.64. The van der Waals surface area contributed by atoms with E-state index < -0.39 is 0 Å². The molecule has 56 valence electrons. The number of hydrogen-bond acceptors (Lipinski definition) is 1. The second-order valence-corrected chi connectivity index (χ2v) is 2.88. The normalized spacial score (nSPS) is 27.4. The van der Waals surface area contributed by atoms with Crippen LogP contribution in [-0.2, 0) is 4.79 Å². The van der Waals surface area contributed by atoms with Gasteiger partial charge in [0.15, 0.2) is 0 Å². The largest absolute Gasteiger partial charge is 0.320 e. The van der Waals surface area contributed by atoms with Gasteiger partial charge in [0.1, 0.15) is 0 Å². The summed E-state index contributed by atoms with van der Waals surface area (Å²) in [4.78, 5) is 12.7. The molecule has 1 rings (SSSR count). The fourth-order valence-corrected chi connectivity index (χ4v) is 1.17. The van der Waals surface area contributed by atoms with Crippen molar-refractivity contribution >= 4 is 5.91 Å². The maximum absolute atomic E-state index is 11.0. The maximum atomic E-state index is 11.0. The van der Waals surface area contributed by atoms with E-state index in [-0.39, 0.29) is 5.91 Å². The monoisotopic (exact) mass is 139 g/mol. The number of carbonyl (C=O) groups excluding carboxylic acids is 1. The van der Waals surface area contributed by atoms with Gasteiger partial charge in [-0.1, -0.05) is 13.5 Å². The second-order valence-electron chi connectivity index (χ2n) is 2.88. The molecule has 0 spiro atoms. The first-order valence-corrected chi connectivity index (χ1v) is 3.58. The third kappa shape index (κ3) is 1.06. The van der Waals surface area contributed by atoms with Crippen LogP contribution in [0.3, 0.4) is 0 Å². The standard InChI is InChI=1S/C8H13NO/c1-6-4-5-8(10)9(3)7(6)2/h6H,2,4-5H2,1,3H3. The van der Waals surface area contributed by atoms with E-state index in [1.807, 2.05) is 0 Å². The molecular weight excluding hydrogens is 126 g/mol. The molecule has 10 heavy (non-hydrogen) atoms. The minimum atomic E-state index is 0.197. The Hall–Kier alpha value is -0.790. The highest BCUT2D eigenvalue weighted by Crippen LogP contribution is 2.23. The van der Waals surface area contributed by atoms with Gasteiger partial charge in [-0.15, -0.1) is 0 Å². The van der Waals surface area contributed by atoms with Crippen molar-refractivity contribution in [2.24, 2.45) is 5.92 Å². The van der Waals surface area contributed by atoms with Crippen molar-refractivity contribution < 1.29 is 4.79 Å². The quantitative estimate of drug-likeness (QED) is 0.496. The Morgan fingerprint density at radius 2 is 2.30 bits per heavy atom. The molecule has 0 aromatic carbocycles. The Labute approximate surface area is 61.5 Å². The van der Waals surface area contributed by atoms with Crippen molar-refractivity contribution in [2.45, 2.75) is 19.8 Å². The molecule has 1 saturated heterocycles. The lowest BCUT2D eigenvalue weighted by Gasteiger charge is -2.29. The van der Waals surface area contributed by atoms with E-state index in [0.717, 1.165) is 12.1 Å². The number of piperidine rings is 1. The third-order valence-corrected chi connectivity index (χ3v) is 2.16. The van der Waals surface area contributed by atoms with Crippen molar-refractivity contribution in [3.63, 3.8) is 0 Å². The molecule has 0 saturated carbocycles. The maximum Gasteiger partial charge on any atom is 0.226 e. The lowest BCUT2D eigenvalue weighted by molar-refractivity contribution is -0.130. The Balaban J connectivity index is 2.70. The Kier molecular flexibility index (Phi) is 1.79. The third-order valence-electron chi connectivity index (χ3n) is 2.16. The number of likely N-dealkylation sites (tertiary alicyclic amines) is 1. The number of allylic oxidation sites excluding steroid dienone is 1. The Morgan fingerprint density at radius 3 is 2.80 bits per heavy atom. The first kappa shape index (κ1) is 7.32. The number of rotatable bonds is 0. The van der Waals surface area contributed by atoms with Crippen LogP contribution in [0.4, 0.5) is 0 Å². The van der Waals surface area contributed by atoms with Crippen LogP contribution >= 0.6 is 0 Å². The van der Waals surface area contributed by atoms with Gasteiger partial charge in [-0.3, -0.25) is 4.79 Å². The minimum absolute atomic E-state index is 0.197. The lowest BCUT2D eigenvalue weighted by Crippen LogP contribution is -2.33. The molecule has 0 bridgehead atoms. The second kappa shape index (κ2) is 2.45. The molecule has 1 aliphatic heterocycles. The molecule has 1 amide bonds. The average Bonchev–Trinajstić information content (AvgIpc) is 1.93. The summed E-state index contributed by atoms with van der Waals surface area (Å²) in [7, 11) is 1.79. The molecule has 1 heterocycles. The van der Waals surface area contributed by atoms with Gasteiger partial charge in [0.05, 0.1) is 0 Å². The average molecular weight is 139 g/mol. The zero-order chi connectivity index (χ0) is 7.72. The summed E-state index contributed by atoms with van der Waals surface area (Å²) in [6.45, 7) is 5.93. The molecule has 1 unspecified atom stereocenters. The molecule has 0 aliphatic carbocycles. The van der Waals surface area contributed by atoms with Crippen molar-refractivity contribution in [2.75, 3.05) is 7.05 Å². The predicted octanol–water partition coefficient (Wildman–Crippen LogP) is 1.39. The van der Waals surface area contributed by atoms with Crippen LogP contribution in [-0.4, -0.2) is 17.9 Å². The van der Waals surface area contributed by atoms with Gasteiger partial charge >= 0.3 is 0 Å². The number of nitrogens with zero attached hydrogens (tertiary/aromatic N) is 1. The van der Waals surface area contributed by atoms with Crippen LogP contribution in [0, 0.1) is 5.92 Å². The van der Waals surface area contributed by atoms with Crippen LogP contribution in [0.5, 0.6) is 0 Å². The molecule has 0 aromatic rings. The van der Waals surface area contributed by atoms with Gasteiger partial charge in [0, 0.05) is 19.2 Å². The van der Waals surface area contributed by atoms with E-state index >= 15 is 0 Å². The molecule has 0 radical (unpaired) electrons. The highest BCUT2D eigenvalue weighted by atomic mass is 16.2. The summed E-state index contributed by atoms with van der Waals surface area (Å²) < 4.78 is 0. The van der Waals surface area contributed by atoms with Crippen LogP contribution in [0.2, 0.25) is 0 Å². The van der Waals surface area contributed by atoms with Gasteiger partial charge in [-0.25, -0.2) is 0 Å². The molecule has 0 aromatic heterocycles. The van der Waals surface area contributed by atoms with Crippen molar-refractivity contribution in [1.29, 1.82) is 0 Å². The molecule has 2 heteroatoms. The van der Waals surface area contributed by atoms with Crippen LogP contribution in [0.15, 0.2) is 12.3 Å². The topological polar surface area (TPSA) is 20.3 Å². The first-order valence-electron chi connectivity index (χ1n) is 3.58. The fraction of sp³-hybridized carbons (Fsp3) is 0.625. The van der Waals surface area contributed by atoms with E-state index in [0.29, 0.717) is 12.3 Å². The van der Waals surface area contributed by atoms with Crippen LogP contribution in [0.1, 0.15) is 19.8 Å². The van der Waals surface area contributed by atoms with Gasteiger partial charge in [0.2, 0.25) is 5.91 Å². The van der Waals surface area contributed by atoms with E-state index in [4.69, 9.17) is 0 Å².